The van der Waals surface area contributed by atoms with Gasteiger partial charge in [-0.15, -0.1) is 0 Å². The molecular weight excluding hydrogens is 253 g/mol. The summed E-state index contributed by atoms with van der Waals surface area (Å²) in [6.45, 7) is -0.797. The molecule has 0 aliphatic heterocycles. The van der Waals surface area contributed by atoms with Crippen LogP contribution in [0.25, 0.3) is 11.2 Å². The fraction of sp³-hybridized carbons (Fsp3) is 0.545. The maximum absolute atomic E-state index is 14.6. The lowest BCUT2D eigenvalue weighted by Gasteiger charge is -2.16. The van der Waals surface area contributed by atoms with Crippen LogP contribution < -0.4 is 5.73 Å². The SMILES string of the molecule is Nc1ncnc2c1ncn2CC1(F)CC1(CO)CO. The molecule has 0 saturated heterocycles. The highest BCUT2D eigenvalue weighted by molar-refractivity contribution is 5.81. The van der Waals surface area contributed by atoms with Crippen LogP contribution in [0.4, 0.5) is 10.2 Å². The van der Waals surface area contributed by atoms with Crippen LogP contribution in [0.3, 0.4) is 0 Å². The van der Waals surface area contributed by atoms with E-state index in [0.717, 1.165) is 0 Å². The number of aromatic nitrogens is 4. The number of aliphatic hydroxyl groups excluding tert-OH is 2. The fourth-order valence-corrected chi connectivity index (χ4v) is 2.45. The Balaban J connectivity index is 1.94. The van der Waals surface area contributed by atoms with E-state index in [1.54, 1.807) is 0 Å². The maximum Gasteiger partial charge on any atom is 0.165 e. The van der Waals surface area contributed by atoms with E-state index in [1.165, 1.54) is 17.2 Å². The standard InChI is InChI=1S/C11H14FN5O2/c12-11(1-10(11,3-18)4-19)2-17-6-16-7-8(13)14-5-15-9(7)17/h5-6,18-19H,1-4H2,(H2,13,14,15). The average Bonchev–Trinajstić information content (AvgIpc) is 2.78. The molecule has 1 aliphatic rings. The summed E-state index contributed by atoms with van der Waals surface area (Å²) in [5, 5.41) is 18.4. The highest BCUT2D eigenvalue weighted by atomic mass is 19.1. The van der Waals surface area contributed by atoms with Gasteiger partial charge in [0.2, 0.25) is 0 Å². The predicted octanol–water partition coefficient (Wildman–Crippen LogP) is -0.509. The molecule has 0 aromatic carbocycles. The highest BCUT2D eigenvalue weighted by Gasteiger charge is 2.68. The Bertz CT molecular complexity index is 627. The van der Waals surface area contributed by atoms with Gasteiger partial charge in [-0.05, 0) is 6.42 Å². The van der Waals surface area contributed by atoms with Crippen molar-refractivity contribution in [1.82, 2.24) is 19.5 Å². The number of hydrogen-bond donors (Lipinski definition) is 3. The van der Waals surface area contributed by atoms with Crippen LogP contribution in [0.2, 0.25) is 0 Å². The lowest BCUT2D eigenvalue weighted by Crippen LogP contribution is -2.27. The number of hydrogen-bond acceptors (Lipinski definition) is 6. The quantitative estimate of drug-likeness (QED) is 0.688. The van der Waals surface area contributed by atoms with E-state index in [2.05, 4.69) is 15.0 Å². The van der Waals surface area contributed by atoms with Gasteiger partial charge in [-0.25, -0.2) is 19.3 Å². The number of nitrogen functional groups attached to an aromatic ring is 1. The Hall–Kier alpha value is -1.80. The van der Waals surface area contributed by atoms with Gasteiger partial charge >= 0.3 is 0 Å². The van der Waals surface area contributed by atoms with Crippen molar-refractivity contribution in [2.45, 2.75) is 18.6 Å². The molecule has 0 amide bonds. The fourth-order valence-electron chi connectivity index (χ4n) is 2.45. The topological polar surface area (TPSA) is 110 Å². The first-order valence-corrected chi connectivity index (χ1v) is 5.87. The minimum Gasteiger partial charge on any atom is -0.396 e. The van der Waals surface area contributed by atoms with Gasteiger partial charge in [-0.3, -0.25) is 0 Å². The van der Waals surface area contributed by atoms with Gasteiger partial charge in [0.05, 0.1) is 31.5 Å². The summed E-state index contributed by atoms with van der Waals surface area (Å²) < 4.78 is 16.1. The average molecular weight is 267 g/mol. The summed E-state index contributed by atoms with van der Waals surface area (Å²) in [6.07, 6.45) is 2.85. The second kappa shape index (κ2) is 3.84. The molecule has 1 aliphatic carbocycles. The number of alkyl halides is 1. The molecule has 3 rings (SSSR count). The maximum atomic E-state index is 14.6. The third-order valence-corrected chi connectivity index (χ3v) is 3.90. The zero-order valence-corrected chi connectivity index (χ0v) is 10.1. The van der Waals surface area contributed by atoms with Gasteiger partial charge in [0.15, 0.2) is 11.5 Å². The normalized spacial score (nSPS) is 24.8. The second-order valence-electron chi connectivity index (χ2n) is 5.04. The van der Waals surface area contributed by atoms with Crippen LogP contribution in [0.15, 0.2) is 12.7 Å². The summed E-state index contributed by atoms with van der Waals surface area (Å²) in [5.41, 5.74) is 3.80. The molecular formula is C11H14FN5O2. The number of imidazole rings is 1. The van der Waals surface area contributed by atoms with Crippen molar-refractivity contribution in [2.75, 3.05) is 18.9 Å². The van der Waals surface area contributed by atoms with Gasteiger partial charge < -0.3 is 20.5 Å². The largest absolute Gasteiger partial charge is 0.396 e. The Morgan fingerprint density at radius 2 is 2.05 bits per heavy atom. The first kappa shape index (κ1) is 12.2. The molecule has 1 fully saturated rings. The molecule has 8 heteroatoms. The number of aliphatic hydroxyl groups is 2. The molecule has 7 nitrogen and oxygen atoms in total. The van der Waals surface area contributed by atoms with Crippen molar-refractivity contribution < 1.29 is 14.6 Å². The van der Waals surface area contributed by atoms with Crippen LogP contribution in [0.1, 0.15) is 6.42 Å². The Morgan fingerprint density at radius 3 is 2.68 bits per heavy atom. The Morgan fingerprint density at radius 1 is 1.32 bits per heavy atom. The van der Waals surface area contributed by atoms with Crippen molar-refractivity contribution >= 4 is 17.0 Å². The number of anilines is 1. The van der Waals surface area contributed by atoms with Crippen LogP contribution in [0, 0.1) is 5.41 Å². The molecule has 0 spiro atoms. The Labute approximate surface area is 107 Å². The van der Waals surface area contributed by atoms with Crippen molar-refractivity contribution in [2.24, 2.45) is 5.41 Å². The molecule has 0 radical (unpaired) electrons. The third-order valence-electron chi connectivity index (χ3n) is 3.90. The van der Waals surface area contributed by atoms with Crippen molar-refractivity contribution in [3.8, 4) is 0 Å². The predicted molar refractivity (Wildman–Crippen MR) is 64.8 cm³/mol. The minimum atomic E-state index is -1.65. The molecule has 2 aromatic heterocycles. The first-order chi connectivity index (χ1) is 9.05. The van der Waals surface area contributed by atoms with Gasteiger partial charge in [0.1, 0.15) is 17.5 Å². The van der Waals surface area contributed by atoms with Gasteiger partial charge in [0, 0.05) is 0 Å². The highest BCUT2D eigenvalue weighted by Crippen LogP contribution is 2.59. The smallest absolute Gasteiger partial charge is 0.165 e. The van der Waals surface area contributed by atoms with E-state index in [-0.39, 0.29) is 32.0 Å². The zero-order chi connectivity index (χ0) is 13.7. The van der Waals surface area contributed by atoms with E-state index >= 15 is 0 Å². The summed E-state index contributed by atoms with van der Waals surface area (Å²) in [4.78, 5) is 11.9. The lowest BCUT2D eigenvalue weighted by molar-refractivity contribution is 0.0732. The number of nitrogens with zero attached hydrogens (tertiary/aromatic N) is 4. The molecule has 102 valence electrons. The van der Waals surface area contributed by atoms with Gasteiger partial charge in [0.25, 0.3) is 0 Å². The molecule has 1 saturated carbocycles. The lowest BCUT2D eigenvalue weighted by atomic mass is 10.1. The van der Waals surface area contributed by atoms with Crippen molar-refractivity contribution in [1.29, 1.82) is 0 Å². The summed E-state index contributed by atoms with van der Waals surface area (Å²) in [5.74, 6) is 0.239. The molecule has 0 bridgehead atoms. The van der Waals surface area contributed by atoms with Crippen LogP contribution >= 0.6 is 0 Å². The summed E-state index contributed by atoms with van der Waals surface area (Å²) >= 11 is 0. The summed E-state index contributed by atoms with van der Waals surface area (Å²) in [6, 6.07) is 0. The first-order valence-electron chi connectivity index (χ1n) is 5.87. The molecule has 2 aromatic rings. The Kier molecular flexibility index (Phi) is 2.48. The third kappa shape index (κ3) is 1.60. The zero-order valence-electron chi connectivity index (χ0n) is 10.1. The number of nitrogens with two attached hydrogens (primary N) is 1. The molecule has 2 heterocycles. The second-order valence-corrected chi connectivity index (χ2v) is 5.04. The number of halogens is 1. The molecule has 4 N–H and O–H groups in total. The molecule has 1 atom stereocenters. The van der Waals surface area contributed by atoms with E-state index in [0.29, 0.717) is 11.2 Å². The monoisotopic (exact) mass is 267 g/mol. The van der Waals surface area contributed by atoms with Gasteiger partial charge in [-0.1, -0.05) is 0 Å². The minimum absolute atomic E-state index is 0.0267. The molecule has 19 heavy (non-hydrogen) atoms. The van der Waals surface area contributed by atoms with Crippen LogP contribution in [-0.2, 0) is 6.54 Å². The van der Waals surface area contributed by atoms with Crippen LogP contribution in [-0.4, -0.2) is 48.6 Å². The van der Waals surface area contributed by atoms with Crippen LogP contribution in [0.5, 0.6) is 0 Å². The van der Waals surface area contributed by atoms with E-state index < -0.39 is 11.1 Å². The van der Waals surface area contributed by atoms with E-state index in [4.69, 9.17) is 5.73 Å². The number of rotatable bonds is 4. The van der Waals surface area contributed by atoms with E-state index in [9.17, 15) is 14.6 Å². The summed E-state index contributed by atoms with van der Waals surface area (Å²) in [7, 11) is 0. The number of fused-ring (bicyclic) bond motifs is 1. The molecule has 1 unspecified atom stereocenters. The van der Waals surface area contributed by atoms with E-state index in [1.807, 2.05) is 0 Å². The van der Waals surface area contributed by atoms with Crippen molar-refractivity contribution in [3.63, 3.8) is 0 Å². The van der Waals surface area contributed by atoms with Crippen molar-refractivity contribution in [3.05, 3.63) is 12.7 Å². The van der Waals surface area contributed by atoms with Gasteiger partial charge in [-0.2, -0.15) is 0 Å².